The van der Waals surface area contributed by atoms with Gasteiger partial charge in [0.05, 0.1) is 0 Å². The van der Waals surface area contributed by atoms with Crippen LogP contribution in [-0.4, -0.2) is 33.7 Å². The fourth-order valence-corrected chi connectivity index (χ4v) is 2.97. The van der Waals surface area contributed by atoms with E-state index in [1.54, 1.807) is 0 Å². The van der Waals surface area contributed by atoms with Crippen LogP contribution < -0.4 is 10.6 Å². The van der Waals surface area contributed by atoms with Gasteiger partial charge in [0.15, 0.2) is 5.65 Å². The summed E-state index contributed by atoms with van der Waals surface area (Å²) >= 11 is 3.45. The molecule has 2 unspecified atom stereocenters. The van der Waals surface area contributed by atoms with Gasteiger partial charge in [0, 0.05) is 29.8 Å². The minimum atomic E-state index is 0.312. The number of aromatic nitrogens is 3. The van der Waals surface area contributed by atoms with Crippen LogP contribution in [0.25, 0.3) is 5.65 Å². The third-order valence-corrected chi connectivity index (χ3v) is 4.35. The van der Waals surface area contributed by atoms with Crippen molar-refractivity contribution in [2.45, 2.75) is 25.8 Å². The summed E-state index contributed by atoms with van der Waals surface area (Å²) in [6.45, 7) is 4.09. The molecule has 102 valence electrons. The van der Waals surface area contributed by atoms with Crippen LogP contribution in [0.15, 0.2) is 22.8 Å². The lowest BCUT2D eigenvalue weighted by atomic mass is 9.91. The van der Waals surface area contributed by atoms with Crippen LogP contribution in [0.2, 0.25) is 0 Å². The summed E-state index contributed by atoms with van der Waals surface area (Å²) in [7, 11) is 0. The van der Waals surface area contributed by atoms with Crippen molar-refractivity contribution in [2.75, 3.05) is 18.0 Å². The Bertz CT molecular complexity index is 581. The van der Waals surface area contributed by atoms with Crippen LogP contribution in [0.4, 0.5) is 5.95 Å². The van der Waals surface area contributed by atoms with Gasteiger partial charge in [-0.15, -0.1) is 5.10 Å². The van der Waals surface area contributed by atoms with Crippen LogP contribution in [-0.2, 0) is 0 Å². The molecule has 0 aromatic carbocycles. The fourth-order valence-electron chi connectivity index (χ4n) is 2.64. The average molecular weight is 324 g/mol. The first-order valence-electron chi connectivity index (χ1n) is 6.70. The maximum Gasteiger partial charge on any atom is 0.245 e. The second-order valence-electron chi connectivity index (χ2n) is 5.13. The molecule has 2 N–H and O–H groups in total. The van der Waals surface area contributed by atoms with Gasteiger partial charge in [-0.3, -0.25) is 0 Å². The molecule has 2 aromatic heterocycles. The molecule has 0 saturated carbocycles. The Morgan fingerprint density at radius 3 is 3.11 bits per heavy atom. The minimum absolute atomic E-state index is 0.312. The molecule has 0 amide bonds. The van der Waals surface area contributed by atoms with Gasteiger partial charge in [-0.25, -0.2) is 4.52 Å². The van der Waals surface area contributed by atoms with Crippen molar-refractivity contribution < 1.29 is 0 Å². The summed E-state index contributed by atoms with van der Waals surface area (Å²) in [5.41, 5.74) is 7.02. The Balaban J connectivity index is 1.87. The maximum absolute atomic E-state index is 6.15. The van der Waals surface area contributed by atoms with E-state index < -0.39 is 0 Å². The lowest BCUT2D eigenvalue weighted by Crippen LogP contribution is -2.47. The molecule has 19 heavy (non-hydrogen) atoms. The van der Waals surface area contributed by atoms with E-state index in [0.717, 1.165) is 42.0 Å². The van der Waals surface area contributed by atoms with Crippen LogP contribution >= 0.6 is 15.9 Å². The number of nitrogens with two attached hydrogens (primary N) is 1. The second kappa shape index (κ2) is 5.09. The number of anilines is 1. The lowest BCUT2D eigenvalue weighted by Gasteiger charge is -2.35. The zero-order valence-corrected chi connectivity index (χ0v) is 12.5. The third kappa shape index (κ3) is 2.47. The SMILES string of the molecule is CCC1CN(c2nc3ccc(Br)cn3n2)CCC1N. The molecule has 0 spiro atoms. The topological polar surface area (TPSA) is 59.5 Å². The van der Waals surface area contributed by atoms with E-state index in [-0.39, 0.29) is 0 Å². The van der Waals surface area contributed by atoms with Gasteiger partial charge in [-0.2, -0.15) is 4.98 Å². The standard InChI is InChI=1S/C13H18BrN5/c1-2-9-7-18(6-5-11(9)15)13-16-12-4-3-10(14)8-19(12)17-13/h3-4,8-9,11H,2,5-7,15H2,1H3. The predicted molar refractivity (Wildman–Crippen MR) is 79.3 cm³/mol. The number of piperidine rings is 1. The second-order valence-corrected chi connectivity index (χ2v) is 6.04. The molecule has 3 rings (SSSR count). The highest BCUT2D eigenvalue weighted by Gasteiger charge is 2.27. The van der Waals surface area contributed by atoms with E-state index in [0.29, 0.717) is 12.0 Å². The van der Waals surface area contributed by atoms with Gasteiger partial charge in [0.25, 0.3) is 0 Å². The summed E-state index contributed by atoms with van der Waals surface area (Å²) in [4.78, 5) is 6.84. The first-order valence-corrected chi connectivity index (χ1v) is 7.49. The Hall–Kier alpha value is -1.14. The molecular weight excluding hydrogens is 306 g/mol. The van der Waals surface area contributed by atoms with E-state index in [1.165, 1.54) is 0 Å². The Kier molecular flexibility index (Phi) is 3.45. The summed E-state index contributed by atoms with van der Waals surface area (Å²) in [6, 6.07) is 4.26. The molecule has 5 nitrogen and oxygen atoms in total. The maximum atomic E-state index is 6.15. The molecule has 1 aliphatic heterocycles. The molecule has 1 saturated heterocycles. The van der Waals surface area contributed by atoms with Crippen molar-refractivity contribution >= 4 is 27.5 Å². The number of fused-ring (bicyclic) bond motifs is 1. The zero-order valence-electron chi connectivity index (χ0n) is 11.0. The van der Waals surface area contributed by atoms with Crippen molar-refractivity contribution in [3.63, 3.8) is 0 Å². The summed E-state index contributed by atoms with van der Waals surface area (Å²) in [6.07, 6.45) is 4.05. The van der Waals surface area contributed by atoms with Crippen molar-refractivity contribution in [3.05, 3.63) is 22.8 Å². The average Bonchev–Trinajstić information content (AvgIpc) is 2.82. The van der Waals surface area contributed by atoms with E-state index >= 15 is 0 Å². The van der Waals surface area contributed by atoms with E-state index in [2.05, 4.69) is 37.8 Å². The first-order chi connectivity index (χ1) is 9.17. The van der Waals surface area contributed by atoms with Crippen molar-refractivity contribution in [1.82, 2.24) is 14.6 Å². The fraction of sp³-hybridized carbons (Fsp3) is 0.538. The molecule has 1 fully saturated rings. The van der Waals surface area contributed by atoms with Gasteiger partial charge in [-0.05, 0) is 40.4 Å². The molecule has 2 aromatic rings. The van der Waals surface area contributed by atoms with Crippen molar-refractivity contribution in [2.24, 2.45) is 11.7 Å². The van der Waals surface area contributed by atoms with Gasteiger partial charge >= 0.3 is 0 Å². The molecule has 0 aliphatic carbocycles. The molecule has 3 heterocycles. The Morgan fingerprint density at radius 2 is 2.32 bits per heavy atom. The largest absolute Gasteiger partial charge is 0.339 e. The monoisotopic (exact) mass is 323 g/mol. The lowest BCUT2D eigenvalue weighted by molar-refractivity contribution is 0.345. The highest BCUT2D eigenvalue weighted by molar-refractivity contribution is 9.10. The van der Waals surface area contributed by atoms with Gasteiger partial charge < -0.3 is 10.6 Å². The van der Waals surface area contributed by atoms with Crippen molar-refractivity contribution in [3.8, 4) is 0 Å². The quantitative estimate of drug-likeness (QED) is 0.919. The zero-order chi connectivity index (χ0) is 13.4. The van der Waals surface area contributed by atoms with E-state index in [1.807, 2.05) is 22.8 Å². The van der Waals surface area contributed by atoms with Crippen LogP contribution in [0.1, 0.15) is 19.8 Å². The number of pyridine rings is 1. The molecule has 0 radical (unpaired) electrons. The molecule has 2 atom stereocenters. The molecule has 6 heteroatoms. The Labute approximate surface area is 120 Å². The third-order valence-electron chi connectivity index (χ3n) is 3.88. The molecule has 0 bridgehead atoms. The van der Waals surface area contributed by atoms with Gasteiger partial charge in [-0.1, -0.05) is 13.3 Å². The highest BCUT2D eigenvalue weighted by Crippen LogP contribution is 2.23. The number of hydrogen-bond donors (Lipinski definition) is 1. The van der Waals surface area contributed by atoms with Gasteiger partial charge in [0.1, 0.15) is 0 Å². The summed E-state index contributed by atoms with van der Waals surface area (Å²) in [5.74, 6) is 1.34. The first kappa shape index (κ1) is 12.9. The van der Waals surface area contributed by atoms with E-state index in [4.69, 9.17) is 5.73 Å². The van der Waals surface area contributed by atoms with Gasteiger partial charge in [0.2, 0.25) is 5.95 Å². The summed E-state index contributed by atoms with van der Waals surface area (Å²) < 4.78 is 2.82. The van der Waals surface area contributed by atoms with Crippen LogP contribution in [0.3, 0.4) is 0 Å². The van der Waals surface area contributed by atoms with Crippen LogP contribution in [0.5, 0.6) is 0 Å². The van der Waals surface area contributed by atoms with Crippen molar-refractivity contribution in [1.29, 1.82) is 0 Å². The Morgan fingerprint density at radius 1 is 1.47 bits per heavy atom. The number of nitrogens with zero attached hydrogens (tertiary/aromatic N) is 4. The smallest absolute Gasteiger partial charge is 0.245 e. The molecule has 1 aliphatic rings. The normalized spacial score (nSPS) is 24.1. The molecular formula is C13H18BrN5. The predicted octanol–water partition coefficient (Wildman–Crippen LogP) is 2.06. The van der Waals surface area contributed by atoms with Crippen LogP contribution in [0, 0.1) is 5.92 Å². The minimum Gasteiger partial charge on any atom is -0.339 e. The summed E-state index contributed by atoms with van der Waals surface area (Å²) in [5, 5.41) is 4.55. The number of rotatable bonds is 2. The van der Waals surface area contributed by atoms with E-state index in [9.17, 15) is 0 Å². The number of halogens is 1. The highest BCUT2D eigenvalue weighted by atomic mass is 79.9. The number of hydrogen-bond acceptors (Lipinski definition) is 4.